The standard InChI is InChI=1S/C22H29FO6/c1-11-8-15-14-5-4-12-9-13(24)6-7-19(12,2)21(14,23)16(25)10-20(15,3)22(11,29)17(26)18(27)28/h9,11,14-16,25,29H,4-8,10H2,1-3H3,(H,27,28)/t11-,14+,15+,16+,19+,20+,21+,22+/m1/s1. The predicted molar refractivity (Wildman–Crippen MR) is 101 cm³/mol. The zero-order chi connectivity index (χ0) is 21.6. The molecule has 160 valence electrons. The quantitative estimate of drug-likeness (QED) is 0.604. The Morgan fingerprint density at radius 3 is 2.48 bits per heavy atom. The largest absolute Gasteiger partial charge is 0.475 e. The summed E-state index contributed by atoms with van der Waals surface area (Å²) in [6, 6.07) is 0. The Morgan fingerprint density at radius 2 is 1.86 bits per heavy atom. The lowest BCUT2D eigenvalue weighted by Gasteiger charge is -2.63. The van der Waals surface area contributed by atoms with Crippen molar-refractivity contribution in [3.63, 3.8) is 0 Å². The van der Waals surface area contributed by atoms with E-state index in [9.17, 15) is 29.7 Å². The van der Waals surface area contributed by atoms with Crippen molar-refractivity contribution in [3.8, 4) is 0 Å². The van der Waals surface area contributed by atoms with Gasteiger partial charge in [-0.15, -0.1) is 0 Å². The molecule has 0 saturated heterocycles. The molecule has 0 radical (unpaired) electrons. The highest BCUT2D eigenvalue weighted by Crippen LogP contribution is 2.71. The van der Waals surface area contributed by atoms with Gasteiger partial charge in [-0.25, -0.2) is 9.18 Å². The Morgan fingerprint density at radius 1 is 1.21 bits per heavy atom. The van der Waals surface area contributed by atoms with Crippen molar-refractivity contribution in [1.82, 2.24) is 0 Å². The fourth-order valence-corrected chi connectivity index (χ4v) is 7.55. The molecule has 3 fully saturated rings. The lowest BCUT2D eigenvalue weighted by molar-refractivity contribution is -0.228. The Hall–Kier alpha value is -1.60. The van der Waals surface area contributed by atoms with Crippen LogP contribution in [-0.2, 0) is 14.4 Å². The molecule has 8 atom stereocenters. The van der Waals surface area contributed by atoms with Gasteiger partial charge in [0.05, 0.1) is 6.10 Å². The summed E-state index contributed by atoms with van der Waals surface area (Å²) < 4.78 is 16.9. The topological polar surface area (TPSA) is 112 Å². The third kappa shape index (κ3) is 2.21. The number of allylic oxidation sites excluding steroid dienone is 1. The summed E-state index contributed by atoms with van der Waals surface area (Å²) in [5.74, 6) is -4.72. The molecule has 4 aliphatic carbocycles. The Bertz CT molecular complexity index is 837. The first-order chi connectivity index (χ1) is 13.3. The van der Waals surface area contributed by atoms with Crippen molar-refractivity contribution in [3.05, 3.63) is 11.6 Å². The van der Waals surface area contributed by atoms with Crippen LogP contribution in [-0.4, -0.2) is 50.2 Å². The molecule has 29 heavy (non-hydrogen) atoms. The molecule has 0 unspecified atom stereocenters. The van der Waals surface area contributed by atoms with E-state index in [0.717, 1.165) is 5.57 Å². The first kappa shape index (κ1) is 20.7. The van der Waals surface area contributed by atoms with Gasteiger partial charge in [0.1, 0.15) is 11.3 Å². The van der Waals surface area contributed by atoms with Crippen LogP contribution in [0.1, 0.15) is 59.3 Å². The zero-order valence-electron chi connectivity index (χ0n) is 17.1. The van der Waals surface area contributed by atoms with E-state index in [-0.39, 0.29) is 18.6 Å². The number of hydrogen-bond acceptors (Lipinski definition) is 5. The molecule has 0 aromatic heterocycles. The third-order valence-corrected chi connectivity index (χ3v) is 9.16. The third-order valence-electron chi connectivity index (χ3n) is 9.16. The normalized spacial score (nSPS) is 51.5. The van der Waals surface area contributed by atoms with Crippen LogP contribution in [0.25, 0.3) is 0 Å². The van der Waals surface area contributed by atoms with Crippen LogP contribution in [0.15, 0.2) is 11.6 Å². The molecule has 0 bridgehead atoms. The number of rotatable bonds is 2. The molecule has 0 heterocycles. The van der Waals surface area contributed by atoms with Crippen molar-refractivity contribution < 1.29 is 34.1 Å². The highest BCUT2D eigenvalue weighted by molar-refractivity contribution is 6.36. The summed E-state index contributed by atoms with van der Waals surface area (Å²) in [6.45, 7) is 5.03. The monoisotopic (exact) mass is 408 g/mol. The van der Waals surface area contributed by atoms with Crippen molar-refractivity contribution in [2.45, 2.75) is 76.7 Å². The Kier molecular flexibility index (Phi) is 4.26. The average Bonchev–Trinajstić information content (AvgIpc) is 2.84. The number of Topliss-reactive ketones (excluding diaryl/α,β-unsaturated/α-hetero) is 1. The van der Waals surface area contributed by atoms with Gasteiger partial charge >= 0.3 is 5.97 Å². The van der Waals surface area contributed by atoms with Crippen LogP contribution in [0.3, 0.4) is 0 Å². The number of carboxylic acids is 1. The molecule has 4 rings (SSSR count). The van der Waals surface area contributed by atoms with Crippen LogP contribution < -0.4 is 0 Å². The summed E-state index contributed by atoms with van der Waals surface area (Å²) in [4.78, 5) is 35.9. The Balaban J connectivity index is 1.83. The summed E-state index contributed by atoms with van der Waals surface area (Å²) in [6.07, 6.45) is 1.66. The molecule has 3 saturated carbocycles. The lowest BCUT2D eigenvalue weighted by atomic mass is 9.44. The molecule has 0 aliphatic heterocycles. The second-order valence-electron chi connectivity index (χ2n) is 10.2. The number of carboxylic acid groups (broad SMARTS) is 1. The number of fused-ring (bicyclic) bond motifs is 5. The van der Waals surface area contributed by atoms with E-state index in [4.69, 9.17) is 0 Å². The van der Waals surface area contributed by atoms with Crippen molar-refractivity contribution in [1.29, 1.82) is 0 Å². The Labute approximate surface area is 169 Å². The number of carbonyl (C=O) groups excluding carboxylic acids is 2. The fourth-order valence-electron chi connectivity index (χ4n) is 7.55. The lowest BCUT2D eigenvalue weighted by Crippen LogP contribution is -2.70. The van der Waals surface area contributed by atoms with Crippen molar-refractivity contribution in [2.75, 3.05) is 0 Å². The van der Waals surface area contributed by atoms with Crippen molar-refractivity contribution >= 4 is 17.5 Å². The number of carbonyl (C=O) groups is 3. The maximum atomic E-state index is 16.9. The molecule has 3 N–H and O–H groups in total. The summed E-state index contributed by atoms with van der Waals surface area (Å²) in [7, 11) is 0. The molecule has 4 aliphatic rings. The summed E-state index contributed by atoms with van der Waals surface area (Å²) >= 11 is 0. The number of aliphatic hydroxyl groups is 2. The van der Waals surface area contributed by atoms with Gasteiger partial charge < -0.3 is 15.3 Å². The molecule has 0 spiro atoms. The van der Waals surface area contributed by atoms with E-state index in [1.54, 1.807) is 20.8 Å². The second kappa shape index (κ2) is 5.97. The SMILES string of the molecule is C[C@@H]1C[C@H]2[C@@H]3CCC4=CC(=O)CC[C@]4(C)[C@@]3(F)[C@@H](O)C[C@]2(C)[C@@]1(O)C(=O)C(=O)O. The van der Waals surface area contributed by atoms with Crippen LogP contribution in [0.4, 0.5) is 4.39 Å². The minimum Gasteiger partial charge on any atom is -0.475 e. The molecule has 0 aromatic carbocycles. The van der Waals surface area contributed by atoms with Crippen LogP contribution in [0.5, 0.6) is 0 Å². The molecule has 0 aromatic rings. The van der Waals surface area contributed by atoms with Gasteiger partial charge in [-0.1, -0.05) is 26.3 Å². The van der Waals surface area contributed by atoms with Gasteiger partial charge in [-0.3, -0.25) is 9.59 Å². The second-order valence-corrected chi connectivity index (χ2v) is 10.2. The van der Waals surface area contributed by atoms with Gasteiger partial charge in [-0.2, -0.15) is 0 Å². The van der Waals surface area contributed by atoms with E-state index in [1.807, 2.05) is 0 Å². The van der Waals surface area contributed by atoms with E-state index in [2.05, 4.69) is 0 Å². The molecule has 7 heteroatoms. The fraction of sp³-hybridized carbons (Fsp3) is 0.773. The maximum absolute atomic E-state index is 16.9. The first-order valence-electron chi connectivity index (χ1n) is 10.4. The highest BCUT2D eigenvalue weighted by atomic mass is 19.1. The predicted octanol–water partition coefficient (Wildman–Crippen LogP) is 2.21. The van der Waals surface area contributed by atoms with Gasteiger partial charge in [0.2, 0.25) is 0 Å². The number of alkyl halides is 1. The van der Waals surface area contributed by atoms with E-state index in [0.29, 0.717) is 25.7 Å². The van der Waals surface area contributed by atoms with Gasteiger partial charge in [0.15, 0.2) is 5.78 Å². The highest BCUT2D eigenvalue weighted by Gasteiger charge is 2.76. The van der Waals surface area contributed by atoms with Crippen molar-refractivity contribution in [2.24, 2.45) is 28.6 Å². The minimum atomic E-state index is -2.15. The smallest absolute Gasteiger partial charge is 0.375 e. The number of hydrogen-bond donors (Lipinski definition) is 3. The minimum absolute atomic E-state index is 0.0226. The first-order valence-corrected chi connectivity index (χ1v) is 10.4. The van der Waals surface area contributed by atoms with Gasteiger partial charge in [-0.05, 0) is 50.0 Å². The number of halogens is 1. The number of ketones is 2. The van der Waals surface area contributed by atoms with Crippen LogP contribution in [0.2, 0.25) is 0 Å². The maximum Gasteiger partial charge on any atom is 0.375 e. The average molecular weight is 408 g/mol. The number of aliphatic hydroxyl groups excluding tert-OH is 1. The molecular formula is C22H29FO6. The molecule has 0 amide bonds. The van der Waals surface area contributed by atoms with Gasteiger partial charge in [0.25, 0.3) is 5.78 Å². The van der Waals surface area contributed by atoms with Crippen LogP contribution >= 0.6 is 0 Å². The van der Waals surface area contributed by atoms with Crippen LogP contribution in [0, 0.1) is 28.6 Å². The molecular weight excluding hydrogens is 379 g/mol. The van der Waals surface area contributed by atoms with E-state index in [1.165, 1.54) is 6.08 Å². The van der Waals surface area contributed by atoms with E-state index >= 15 is 4.39 Å². The van der Waals surface area contributed by atoms with Gasteiger partial charge in [0, 0.05) is 23.2 Å². The zero-order valence-corrected chi connectivity index (χ0v) is 17.1. The van der Waals surface area contributed by atoms with E-state index < -0.39 is 57.7 Å². The summed E-state index contributed by atoms with van der Waals surface area (Å²) in [5.41, 5.74) is -5.61. The summed E-state index contributed by atoms with van der Waals surface area (Å²) in [5, 5.41) is 31.8. The number of aliphatic carboxylic acids is 1. The molecule has 6 nitrogen and oxygen atoms in total.